The second-order valence-corrected chi connectivity index (χ2v) is 6.08. The standard InChI is InChI=1S/C18H18Cl2N2O2/c19-15-9-8-14(16(20)11-15)12-22-17(23)7-4-10-21-18(24)13-5-2-1-3-6-13/h1-3,5-6,8-9,11H,4,7,10,12H2,(H,21,24)(H,22,23). The van der Waals surface area contributed by atoms with Crippen LogP contribution in [0.25, 0.3) is 0 Å². The molecular formula is C18H18Cl2N2O2. The molecule has 0 aliphatic heterocycles. The van der Waals surface area contributed by atoms with Crippen molar-refractivity contribution in [2.24, 2.45) is 0 Å². The average molecular weight is 365 g/mol. The Kier molecular flexibility index (Phi) is 7.09. The van der Waals surface area contributed by atoms with Crippen LogP contribution in [0, 0.1) is 0 Å². The zero-order valence-electron chi connectivity index (χ0n) is 13.0. The van der Waals surface area contributed by atoms with Gasteiger partial charge in [0, 0.05) is 35.1 Å². The molecule has 0 aromatic heterocycles. The number of carbonyl (C=O) groups excluding carboxylic acids is 2. The van der Waals surface area contributed by atoms with E-state index in [2.05, 4.69) is 10.6 Å². The molecule has 0 heterocycles. The monoisotopic (exact) mass is 364 g/mol. The topological polar surface area (TPSA) is 58.2 Å². The van der Waals surface area contributed by atoms with Crippen molar-refractivity contribution in [3.63, 3.8) is 0 Å². The molecule has 0 atom stereocenters. The maximum absolute atomic E-state index is 11.8. The number of halogens is 2. The third-order valence-electron chi connectivity index (χ3n) is 3.39. The van der Waals surface area contributed by atoms with Gasteiger partial charge in [-0.05, 0) is 36.2 Å². The van der Waals surface area contributed by atoms with Crippen LogP contribution in [0.2, 0.25) is 10.0 Å². The van der Waals surface area contributed by atoms with Gasteiger partial charge in [0.05, 0.1) is 0 Å². The third-order valence-corrected chi connectivity index (χ3v) is 3.98. The molecule has 2 amide bonds. The highest BCUT2D eigenvalue weighted by Crippen LogP contribution is 2.20. The summed E-state index contributed by atoms with van der Waals surface area (Å²) in [7, 11) is 0. The van der Waals surface area contributed by atoms with Gasteiger partial charge in [-0.15, -0.1) is 0 Å². The van der Waals surface area contributed by atoms with Gasteiger partial charge in [-0.1, -0.05) is 47.5 Å². The Morgan fingerprint density at radius 3 is 2.42 bits per heavy atom. The molecule has 2 N–H and O–H groups in total. The fraction of sp³-hybridized carbons (Fsp3) is 0.222. The first-order valence-corrected chi connectivity index (χ1v) is 8.36. The first kappa shape index (κ1) is 18.3. The quantitative estimate of drug-likeness (QED) is 0.733. The lowest BCUT2D eigenvalue weighted by Crippen LogP contribution is -2.27. The van der Waals surface area contributed by atoms with Gasteiger partial charge in [0.25, 0.3) is 5.91 Å². The number of hydrogen-bond acceptors (Lipinski definition) is 2. The molecule has 4 nitrogen and oxygen atoms in total. The van der Waals surface area contributed by atoms with Crippen molar-refractivity contribution in [3.05, 3.63) is 69.7 Å². The Morgan fingerprint density at radius 1 is 0.958 bits per heavy atom. The van der Waals surface area contributed by atoms with Crippen LogP contribution in [-0.4, -0.2) is 18.4 Å². The van der Waals surface area contributed by atoms with Crippen molar-refractivity contribution in [3.8, 4) is 0 Å². The van der Waals surface area contributed by atoms with Gasteiger partial charge in [0.1, 0.15) is 0 Å². The summed E-state index contributed by atoms with van der Waals surface area (Å²) in [6.07, 6.45) is 0.902. The summed E-state index contributed by atoms with van der Waals surface area (Å²) in [5.41, 5.74) is 1.42. The number of hydrogen-bond donors (Lipinski definition) is 2. The minimum absolute atomic E-state index is 0.0880. The van der Waals surface area contributed by atoms with E-state index in [4.69, 9.17) is 23.2 Å². The van der Waals surface area contributed by atoms with Crippen molar-refractivity contribution in [2.75, 3.05) is 6.54 Å². The zero-order valence-corrected chi connectivity index (χ0v) is 14.5. The van der Waals surface area contributed by atoms with Gasteiger partial charge in [-0.25, -0.2) is 0 Å². The zero-order chi connectivity index (χ0) is 17.4. The van der Waals surface area contributed by atoms with Crippen molar-refractivity contribution < 1.29 is 9.59 Å². The summed E-state index contributed by atoms with van der Waals surface area (Å²) < 4.78 is 0. The minimum Gasteiger partial charge on any atom is -0.352 e. The molecule has 0 aliphatic carbocycles. The molecule has 0 saturated carbocycles. The van der Waals surface area contributed by atoms with E-state index in [1.807, 2.05) is 18.2 Å². The van der Waals surface area contributed by atoms with E-state index in [1.54, 1.807) is 30.3 Å². The summed E-state index contributed by atoms with van der Waals surface area (Å²) in [6, 6.07) is 14.1. The highest BCUT2D eigenvalue weighted by atomic mass is 35.5. The summed E-state index contributed by atoms with van der Waals surface area (Å²) >= 11 is 11.9. The molecule has 0 radical (unpaired) electrons. The van der Waals surface area contributed by atoms with Gasteiger partial charge in [0.15, 0.2) is 0 Å². The Balaban J connectivity index is 1.65. The van der Waals surface area contributed by atoms with Gasteiger partial charge in [0.2, 0.25) is 5.91 Å². The molecule has 0 aliphatic rings. The van der Waals surface area contributed by atoms with Crippen LogP contribution in [0.15, 0.2) is 48.5 Å². The molecule has 24 heavy (non-hydrogen) atoms. The van der Waals surface area contributed by atoms with Crippen LogP contribution >= 0.6 is 23.2 Å². The smallest absolute Gasteiger partial charge is 0.251 e. The maximum atomic E-state index is 11.8. The Bertz CT molecular complexity index is 705. The average Bonchev–Trinajstić information content (AvgIpc) is 2.58. The van der Waals surface area contributed by atoms with Crippen LogP contribution in [-0.2, 0) is 11.3 Å². The SMILES string of the molecule is O=C(CCCNC(=O)c1ccccc1)NCc1ccc(Cl)cc1Cl. The molecule has 2 aromatic rings. The largest absolute Gasteiger partial charge is 0.352 e. The highest BCUT2D eigenvalue weighted by molar-refractivity contribution is 6.35. The predicted octanol–water partition coefficient (Wildman–Crippen LogP) is 3.82. The van der Waals surface area contributed by atoms with Crippen LogP contribution in [0.1, 0.15) is 28.8 Å². The van der Waals surface area contributed by atoms with Crippen LogP contribution in [0.5, 0.6) is 0 Å². The van der Waals surface area contributed by atoms with Gasteiger partial charge in [-0.3, -0.25) is 9.59 Å². The summed E-state index contributed by atoms with van der Waals surface area (Å²) in [5.74, 6) is -0.223. The lowest BCUT2D eigenvalue weighted by atomic mass is 10.2. The molecule has 6 heteroatoms. The Hall–Kier alpha value is -2.04. The maximum Gasteiger partial charge on any atom is 0.251 e. The summed E-state index contributed by atoms with van der Waals surface area (Å²) in [4.78, 5) is 23.6. The summed E-state index contributed by atoms with van der Waals surface area (Å²) in [5, 5.41) is 6.67. The number of nitrogens with one attached hydrogen (secondary N) is 2. The summed E-state index contributed by atoms with van der Waals surface area (Å²) in [6.45, 7) is 0.800. The number of amides is 2. The molecular weight excluding hydrogens is 347 g/mol. The molecule has 0 unspecified atom stereocenters. The molecule has 2 rings (SSSR count). The van der Waals surface area contributed by atoms with Gasteiger partial charge >= 0.3 is 0 Å². The first-order valence-electron chi connectivity index (χ1n) is 7.60. The number of carbonyl (C=O) groups is 2. The normalized spacial score (nSPS) is 10.2. The lowest BCUT2D eigenvalue weighted by Gasteiger charge is -2.08. The molecule has 126 valence electrons. The minimum atomic E-state index is -0.135. The number of benzene rings is 2. The van der Waals surface area contributed by atoms with Crippen LogP contribution in [0.4, 0.5) is 0 Å². The Morgan fingerprint density at radius 2 is 1.71 bits per heavy atom. The predicted molar refractivity (Wildman–Crippen MR) is 96.3 cm³/mol. The van der Waals surface area contributed by atoms with E-state index in [0.29, 0.717) is 41.5 Å². The third kappa shape index (κ3) is 5.87. The first-order chi connectivity index (χ1) is 11.6. The van der Waals surface area contributed by atoms with Crippen molar-refractivity contribution in [2.45, 2.75) is 19.4 Å². The van der Waals surface area contributed by atoms with Crippen molar-refractivity contribution >= 4 is 35.0 Å². The van der Waals surface area contributed by atoms with E-state index >= 15 is 0 Å². The van der Waals surface area contributed by atoms with E-state index in [-0.39, 0.29) is 11.8 Å². The molecule has 0 spiro atoms. The van der Waals surface area contributed by atoms with Crippen molar-refractivity contribution in [1.29, 1.82) is 0 Å². The van der Waals surface area contributed by atoms with Gasteiger partial charge in [-0.2, -0.15) is 0 Å². The van der Waals surface area contributed by atoms with E-state index in [9.17, 15) is 9.59 Å². The van der Waals surface area contributed by atoms with Crippen molar-refractivity contribution in [1.82, 2.24) is 10.6 Å². The second-order valence-electron chi connectivity index (χ2n) is 5.24. The van der Waals surface area contributed by atoms with Crippen LogP contribution in [0.3, 0.4) is 0 Å². The second kappa shape index (κ2) is 9.30. The molecule has 0 bridgehead atoms. The van der Waals surface area contributed by atoms with E-state index in [0.717, 1.165) is 5.56 Å². The molecule has 0 saturated heterocycles. The fourth-order valence-electron chi connectivity index (χ4n) is 2.09. The fourth-order valence-corrected chi connectivity index (χ4v) is 2.57. The number of rotatable bonds is 7. The van der Waals surface area contributed by atoms with Gasteiger partial charge < -0.3 is 10.6 Å². The van der Waals surface area contributed by atoms with E-state index in [1.165, 1.54) is 0 Å². The molecule has 0 fully saturated rings. The highest BCUT2D eigenvalue weighted by Gasteiger charge is 2.06. The molecule has 2 aromatic carbocycles. The van der Waals surface area contributed by atoms with E-state index < -0.39 is 0 Å². The lowest BCUT2D eigenvalue weighted by molar-refractivity contribution is -0.121. The Labute approximate surface area is 151 Å². The van der Waals surface area contributed by atoms with Crippen LogP contribution < -0.4 is 10.6 Å².